The zero-order valence-corrected chi connectivity index (χ0v) is 15.0. The Bertz CT molecular complexity index is 764. The zero-order valence-electron chi connectivity index (χ0n) is 12.9. The van der Waals surface area contributed by atoms with E-state index >= 15 is 0 Å². The average molecular weight is 404 g/mol. The summed E-state index contributed by atoms with van der Waals surface area (Å²) in [6, 6.07) is 0. The first-order chi connectivity index (χ1) is 9.81. The first-order valence-electron chi connectivity index (χ1n) is 7.11. The van der Waals surface area contributed by atoms with Crippen molar-refractivity contribution >= 4 is 33.8 Å². The predicted molar refractivity (Wildman–Crippen MR) is 92.5 cm³/mol. The van der Waals surface area contributed by atoms with Crippen molar-refractivity contribution in [3.63, 3.8) is 0 Å². The Balaban J connectivity index is 2.86. The second kappa shape index (κ2) is 5.94. The van der Waals surface area contributed by atoms with Crippen molar-refractivity contribution in [2.45, 2.75) is 52.6 Å². The third kappa shape index (κ3) is 2.93. The van der Waals surface area contributed by atoms with E-state index in [1.807, 2.05) is 27.7 Å². The average Bonchev–Trinajstić information content (AvgIpc) is 2.84. The minimum atomic E-state index is -0.274. The van der Waals surface area contributed by atoms with Crippen molar-refractivity contribution in [3.05, 3.63) is 26.7 Å². The van der Waals surface area contributed by atoms with Gasteiger partial charge in [-0.15, -0.1) is 0 Å². The molecule has 21 heavy (non-hydrogen) atoms. The molecular weight excluding hydrogens is 383 g/mol. The van der Waals surface area contributed by atoms with Gasteiger partial charge >= 0.3 is 5.69 Å². The summed E-state index contributed by atoms with van der Waals surface area (Å²) in [5, 5.41) is 0. The van der Waals surface area contributed by atoms with E-state index in [4.69, 9.17) is 0 Å². The molecule has 116 valence electrons. The highest BCUT2D eigenvalue weighted by molar-refractivity contribution is 14.1. The molecule has 0 aliphatic rings. The maximum Gasteiger partial charge on any atom is 0.332 e. The Morgan fingerprint density at radius 3 is 2.38 bits per heavy atom. The lowest BCUT2D eigenvalue weighted by Gasteiger charge is -2.13. The van der Waals surface area contributed by atoms with Crippen LogP contribution in [-0.4, -0.2) is 23.5 Å². The van der Waals surface area contributed by atoms with Crippen molar-refractivity contribution in [3.8, 4) is 0 Å². The molecule has 2 aromatic heterocycles. The number of alkyl halides is 1. The van der Waals surface area contributed by atoms with E-state index in [0.717, 1.165) is 16.7 Å². The van der Waals surface area contributed by atoms with Crippen molar-refractivity contribution in [1.29, 1.82) is 0 Å². The van der Waals surface area contributed by atoms with Crippen LogP contribution in [0.1, 0.15) is 39.9 Å². The lowest BCUT2D eigenvalue weighted by atomic mass is 9.96. The van der Waals surface area contributed by atoms with Gasteiger partial charge in [-0.3, -0.25) is 13.9 Å². The van der Waals surface area contributed by atoms with Gasteiger partial charge in [0.1, 0.15) is 11.3 Å². The fourth-order valence-electron chi connectivity index (χ4n) is 2.23. The molecule has 7 heteroatoms. The van der Waals surface area contributed by atoms with Gasteiger partial charge in [0.15, 0.2) is 5.65 Å². The minimum absolute atomic E-state index is 0.202. The molecule has 2 aromatic rings. The summed E-state index contributed by atoms with van der Waals surface area (Å²) < 4.78 is 3.69. The second-order valence-electron chi connectivity index (χ2n) is 6.11. The van der Waals surface area contributed by atoms with E-state index in [2.05, 4.69) is 32.6 Å². The molecule has 2 rings (SSSR count). The van der Waals surface area contributed by atoms with Crippen LogP contribution in [0, 0.1) is 0 Å². The van der Waals surface area contributed by atoms with Crippen molar-refractivity contribution in [2.75, 3.05) is 4.43 Å². The first kappa shape index (κ1) is 16.3. The van der Waals surface area contributed by atoms with E-state index in [0.29, 0.717) is 24.3 Å². The van der Waals surface area contributed by atoms with Gasteiger partial charge in [0.25, 0.3) is 5.56 Å². The molecule has 0 aliphatic carbocycles. The highest BCUT2D eigenvalue weighted by Gasteiger charge is 2.22. The van der Waals surface area contributed by atoms with Crippen LogP contribution in [0.15, 0.2) is 9.59 Å². The number of H-pyrrole nitrogens is 1. The second-order valence-corrected chi connectivity index (χ2v) is 7.19. The summed E-state index contributed by atoms with van der Waals surface area (Å²) in [6.07, 6.45) is 0.741. The largest absolute Gasteiger partial charge is 0.336 e. The molecule has 1 N–H and O–H groups in total. The summed E-state index contributed by atoms with van der Waals surface area (Å²) in [4.78, 5) is 32.7. The fourth-order valence-corrected chi connectivity index (χ4v) is 2.71. The third-order valence-corrected chi connectivity index (χ3v) is 3.81. The highest BCUT2D eigenvalue weighted by atomic mass is 127. The molecule has 0 bridgehead atoms. The number of hydrogen-bond donors (Lipinski definition) is 1. The molecule has 2 heterocycles. The summed E-state index contributed by atoms with van der Waals surface area (Å²) in [6.45, 7) is 9.00. The quantitative estimate of drug-likeness (QED) is 0.626. The van der Waals surface area contributed by atoms with E-state index in [9.17, 15) is 9.59 Å². The maximum absolute atomic E-state index is 12.5. The number of rotatable bonds is 4. The minimum Gasteiger partial charge on any atom is -0.336 e. The lowest BCUT2D eigenvalue weighted by Crippen LogP contribution is -2.40. The standard InChI is InChI=1S/C14H21IN4O2/c1-5-7-19-11(20)9-10(18(8-6-15)13(19)21)17-12(16-9)14(2,3)4/h5-8H2,1-4H3,(H,16,17). The van der Waals surface area contributed by atoms with Gasteiger partial charge in [-0.1, -0.05) is 50.3 Å². The summed E-state index contributed by atoms with van der Waals surface area (Å²) in [5.74, 6) is 0.727. The van der Waals surface area contributed by atoms with Gasteiger partial charge in [-0.2, -0.15) is 0 Å². The van der Waals surface area contributed by atoms with Gasteiger partial charge in [0.2, 0.25) is 0 Å². The SMILES string of the molecule is CCCn1c(=O)c2[nH]c(C(C)(C)C)nc2n(CCI)c1=O. The molecule has 0 spiro atoms. The van der Waals surface area contributed by atoms with Crippen LogP contribution in [0.3, 0.4) is 0 Å². The Morgan fingerprint density at radius 1 is 1.19 bits per heavy atom. The predicted octanol–water partition coefficient (Wildman–Crippen LogP) is 2.03. The molecule has 0 aromatic carbocycles. The van der Waals surface area contributed by atoms with Crippen LogP contribution in [0.2, 0.25) is 0 Å². The number of nitrogens with zero attached hydrogens (tertiary/aromatic N) is 3. The summed E-state index contributed by atoms with van der Waals surface area (Å²) >= 11 is 2.22. The Kier molecular flexibility index (Phi) is 4.60. The van der Waals surface area contributed by atoms with Crippen LogP contribution >= 0.6 is 22.6 Å². The number of imidazole rings is 1. The van der Waals surface area contributed by atoms with Gasteiger partial charge in [-0.25, -0.2) is 9.78 Å². The number of aromatic nitrogens is 4. The molecule has 0 saturated heterocycles. The highest BCUT2D eigenvalue weighted by Crippen LogP contribution is 2.20. The lowest BCUT2D eigenvalue weighted by molar-refractivity contribution is 0.553. The summed E-state index contributed by atoms with van der Waals surface area (Å²) in [5.41, 5.74) is 0.158. The van der Waals surface area contributed by atoms with E-state index in [-0.39, 0.29) is 16.7 Å². The van der Waals surface area contributed by atoms with Gasteiger partial charge in [0.05, 0.1) is 0 Å². The van der Waals surface area contributed by atoms with Crippen molar-refractivity contribution in [2.24, 2.45) is 0 Å². The Labute approximate surface area is 136 Å². The first-order valence-corrected chi connectivity index (χ1v) is 8.63. The molecule has 0 unspecified atom stereocenters. The van der Waals surface area contributed by atoms with Crippen LogP contribution in [0.5, 0.6) is 0 Å². The van der Waals surface area contributed by atoms with Crippen molar-refractivity contribution < 1.29 is 0 Å². The molecule has 6 nitrogen and oxygen atoms in total. The number of fused-ring (bicyclic) bond motifs is 1. The Hall–Kier alpha value is -1.12. The topological polar surface area (TPSA) is 72.7 Å². The number of aryl methyl sites for hydroxylation is 1. The molecular formula is C14H21IN4O2. The molecule has 0 saturated carbocycles. The Morgan fingerprint density at radius 2 is 1.86 bits per heavy atom. The molecule has 0 atom stereocenters. The van der Waals surface area contributed by atoms with Gasteiger partial charge < -0.3 is 4.98 Å². The maximum atomic E-state index is 12.5. The molecule has 0 aliphatic heterocycles. The van der Waals surface area contributed by atoms with E-state index < -0.39 is 0 Å². The number of halogens is 1. The van der Waals surface area contributed by atoms with E-state index in [1.165, 1.54) is 4.57 Å². The molecule has 0 fully saturated rings. The third-order valence-electron chi connectivity index (χ3n) is 3.33. The van der Waals surface area contributed by atoms with Crippen LogP contribution < -0.4 is 11.2 Å². The fraction of sp³-hybridized carbons (Fsp3) is 0.643. The summed E-state index contributed by atoms with van der Waals surface area (Å²) in [7, 11) is 0. The molecule has 0 radical (unpaired) electrons. The number of hydrogen-bond acceptors (Lipinski definition) is 3. The smallest absolute Gasteiger partial charge is 0.332 e. The van der Waals surface area contributed by atoms with Crippen LogP contribution in [-0.2, 0) is 18.5 Å². The normalized spacial score (nSPS) is 12.2. The van der Waals surface area contributed by atoms with Crippen molar-refractivity contribution in [1.82, 2.24) is 19.1 Å². The number of aromatic amines is 1. The number of nitrogens with one attached hydrogen (secondary N) is 1. The van der Waals surface area contributed by atoms with Crippen LogP contribution in [0.25, 0.3) is 11.2 Å². The van der Waals surface area contributed by atoms with Gasteiger partial charge in [-0.05, 0) is 6.42 Å². The zero-order chi connectivity index (χ0) is 15.8. The van der Waals surface area contributed by atoms with E-state index in [1.54, 1.807) is 4.57 Å². The molecule has 0 amide bonds. The monoisotopic (exact) mass is 404 g/mol. The van der Waals surface area contributed by atoms with Crippen LogP contribution in [0.4, 0.5) is 0 Å². The van der Waals surface area contributed by atoms with Gasteiger partial charge in [0, 0.05) is 22.9 Å².